The topological polar surface area (TPSA) is 26.3 Å². The third kappa shape index (κ3) is 2.61. The fourth-order valence-corrected chi connectivity index (χ4v) is 3.28. The third-order valence-electron chi connectivity index (χ3n) is 2.23. The lowest BCUT2D eigenvalue weighted by Crippen LogP contribution is -2.02. The van der Waals surface area contributed by atoms with Crippen molar-refractivity contribution in [3.05, 3.63) is 49.0 Å². The van der Waals surface area contributed by atoms with Crippen LogP contribution in [0.2, 0.25) is 0 Å². The SMILES string of the molecule is COc1cc(Br)ccc1C(=O)c1sccc1Br. The van der Waals surface area contributed by atoms with Crippen LogP contribution < -0.4 is 4.74 Å². The highest BCUT2D eigenvalue weighted by atomic mass is 79.9. The first kappa shape index (κ1) is 12.8. The van der Waals surface area contributed by atoms with Crippen LogP contribution in [-0.2, 0) is 0 Å². The lowest BCUT2D eigenvalue weighted by Gasteiger charge is -2.07. The summed E-state index contributed by atoms with van der Waals surface area (Å²) in [6.45, 7) is 0. The number of methoxy groups -OCH3 is 1. The zero-order valence-electron chi connectivity index (χ0n) is 8.87. The van der Waals surface area contributed by atoms with Crippen LogP contribution >= 0.6 is 43.2 Å². The van der Waals surface area contributed by atoms with Gasteiger partial charge < -0.3 is 4.74 Å². The predicted molar refractivity (Wildman–Crippen MR) is 76.1 cm³/mol. The molecule has 0 unspecified atom stereocenters. The van der Waals surface area contributed by atoms with Gasteiger partial charge in [-0.25, -0.2) is 0 Å². The summed E-state index contributed by atoms with van der Waals surface area (Å²) < 4.78 is 6.93. The van der Waals surface area contributed by atoms with Crippen LogP contribution in [0.15, 0.2) is 38.6 Å². The van der Waals surface area contributed by atoms with Gasteiger partial charge in [0.15, 0.2) is 0 Å². The van der Waals surface area contributed by atoms with Gasteiger partial charge in [-0.05, 0) is 45.6 Å². The molecule has 17 heavy (non-hydrogen) atoms. The van der Waals surface area contributed by atoms with E-state index < -0.39 is 0 Å². The van der Waals surface area contributed by atoms with Crippen LogP contribution in [0.4, 0.5) is 0 Å². The monoisotopic (exact) mass is 374 g/mol. The molecule has 0 aliphatic carbocycles. The molecular weight excluding hydrogens is 368 g/mol. The fourth-order valence-electron chi connectivity index (χ4n) is 1.43. The molecule has 0 amide bonds. The van der Waals surface area contributed by atoms with Crippen molar-refractivity contribution in [3.8, 4) is 5.75 Å². The standard InChI is InChI=1S/C12H8Br2O2S/c1-16-10-6-7(13)2-3-8(10)11(15)12-9(14)4-5-17-12/h2-6H,1H3. The van der Waals surface area contributed by atoms with E-state index >= 15 is 0 Å². The van der Waals surface area contributed by atoms with Crippen molar-refractivity contribution in [1.29, 1.82) is 0 Å². The van der Waals surface area contributed by atoms with E-state index in [1.165, 1.54) is 11.3 Å². The number of ketones is 1. The molecule has 0 saturated carbocycles. The van der Waals surface area contributed by atoms with Crippen LogP contribution in [0, 0.1) is 0 Å². The van der Waals surface area contributed by atoms with Crippen molar-refractivity contribution < 1.29 is 9.53 Å². The highest BCUT2D eigenvalue weighted by Gasteiger charge is 2.18. The molecule has 0 atom stereocenters. The Bertz CT molecular complexity index is 563. The minimum atomic E-state index is -0.0313. The highest BCUT2D eigenvalue weighted by Crippen LogP contribution is 2.30. The molecule has 2 nitrogen and oxygen atoms in total. The number of carbonyl (C=O) groups excluding carboxylic acids is 1. The van der Waals surface area contributed by atoms with E-state index in [0.717, 1.165) is 8.95 Å². The normalized spacial score (nSPS) is 10.3. The summed E-state index contributed by atoms with van der Waals surface area (Å²) in [7, 11) is 1.56. The van der Waals surface area contributed by atoms with Gasteiger partial charge in [-0.1, -0.05) is 15.9 Å². The van der Waals surface area contributed by atoms with Gasteiger partial charge in [0.1, 0.15) is 5.75 Å². The first-order chi connectivity index (χ1) is 8.13. The van der Waals surface area contributed by atoms with E-state index in [9.17, 15) is 4.79 Å². The molecule has 88 valence electrons. The maximum atomic E-state index is 12.3. The van der Waals surface area contributed by atoms with E-state index in [1.54, 1.807) is 19.2 Å². The van der Waals surface area contributed by atoms with E-state index in [-0.39, 0.29) is 5.78 Å². The van der Waals surface area contributed by atoms with Crippen molar-refractivity contribution in [2.45, 2.75) is 0 Å². The zero-order valence-corrected chi connectivity index (χ0v) is 12.9. The first-order valence-corrected chi connectivity index (χ1v) is 7.21. The lowest BCUT2D eigenvalue weighted by molar-refractivity contribution is 0.103. The quantitative estimate of drug-likeness (QED) is 0.737. The number of halogens is 2. The van der Waals surface area contributed by atoms with Gasteiger partial charge in [0.2, 0.25) is 5.78 Å². The minimum absolute atomic E-state index is 0.0313. The maximum absolute atomic E-state index is 12.3. The Balaban J connectivity index is 2.48. The summed E-state index contributed by atoms with van der Waals surface area (Å²) >= 11 is 8.13. The van der Waals surface area contributed by atoms with Gasteiger partial charge in [-0.15, -0.1) is 11.3 Å². The van der Waals surface area contributed by atoms with Gasteiger partial charge >= 0.3 is 0 Å². The molecule has 2 rings (SSSR count). The number of hydrogen-bond donors (Lipinski definition) is 0. The van der Waals surface area contributed by atoms with Crippen LogP contribution in [0.25, 0.3) is 0 Å². The van der Waals surface area contributed by atoms with E-state index in [1.807, 2.05) is 17.5 Å². The molecule has 1 heterocycles. The Morgan fingerprint density at radius 1 is 1.29 bits per heavy atom. The van der Waals surface area contributed by atoms with E-state index in [4.69, 9.17) is 4.74 Å². The summed E-state index contributed by atoms with van der Waals surface area (Å²) in [5, 5.41) is 1.88. The Kier molecular flexibility index (Phi) is 4.01. The molecule has 0 saturated heterocycles. The lowest BCUT2D eigenvalue weighted by atomic mass is 10.1. The average Bonchev–Trinajstić information content (AvgIpc) is 2.74. The number of carbonyl (C=O) groups is 1. The molecule has 0 spiro atoms. The Labute approximate surface area is 120 Å². The number of thiophene rings is 1. The van der Waals surface area contributed by atoms with Crippen LogP contribution in [0.1, 0.15) is 15.2 Å². The molecule has 0 N–H and O–H groups in total. The maximum Gasteiger partial charge on any atom is 0.207 e. The first-order valence-electron chi connectivity index (χ1n) is 4.74. The molecule has 2 aromatic rings. The smallest absolute Gasteiger partial charge is 0.207 e. The Morgan fingerprint density at radius 2 is 2.06 bits per heavy atom. The second-order valence-electron chi connectivity index (χ2n) is 3.27. The van der Waals surface area contributed by atoms with Gasteiger partial charge in [-0.2, -0.15) is 0 Å². The highest BCUT2D eigenvalue weighted by molar-refractivity contribution is 9.10. The molecule has 0 radical (unpaired) electrons. The van der Waals surface area contributed by atoms with Crippen molar-refractivity contribution in [1.82, 2.24) is 0 Å². The third-order valence-corrected chi connectivity index (χ3v) is 4.56. The molecule has 1 aromatic heterocycles. The largest absolute Gasteiger partial charge is 0.496 e. The average molecular weight is 376 g/mol. The second kappa shape index (κ2) is 5.33. The van der Waals surface area contributed by atoms with Crippen LogP contribution in [0.3, 0.4) is 0 Å². The predicted octanol–water partition coefficient (Wildman–Crippen LogP) is 4.51. The summed E-state index contributed by atoms with van der Waals surface area (Å²) in [6.07, 6.45) is 0. The summed E-state index contributed by atoms with van der Waals surface area (Å²) in [6, 6.07) is 7.24. The van der Waals surface area contributed by atoms with Crippen molar-refractivity contribution in [3.63, 3.8) is 0 Å². The summed E-state index contributed by atoms with van der Waals surface area (Å²) in [5.41, 5.74) is 0.568. The Morgan fingerprint density at radius 3 is 2.65 bits per heavy atom. The van der Waals surface area contributed by atoms with Gasteiger partial charge in [0.25, 0.3) is 0 Å². The van der Waals surface area contributed by atoms with Crippen LogP contribution in [0.5, 0.6) is 5.75 Å². The summed E-state index contributed by atoms with van der Waals surface area (Å²) in [5.74, 6) is 0.543. The fraction of sp³-hybridized carbons (Fsp3) is 0.0833. The van der Waals surface area contributed by atoms with Crippen LogP contribution in [-0.4, -0.2) is 12.9 Å². The zero-order chi connectivity index (χ0) is 12.4. The van der Waals surface area contributed by atoms with Gasteiger partial charge in [-0.3, -0.25) is 4.79 Å². The molecule has 0 aliphatic rings. The Hall–Kier alpha value is -0.650. The van der Waals surface area contributed by atoms with E-state index in [2.05, 4.69) is 31.9 Å². The molecule has 5 heteroatoms. The number of rotatable bonds is 3. The van der Waals surface area contributed by atoms with Crippen molar-refractivity contribution >= 4 is 49.0 Å². The molecule has 0 bridgehead atoms. The minimum Gasteiger partial charge on any atom is -0.496 e. The molecule has 0 fully saturated rings. The number of ether oxygens (including phenoxy) is 1. The van der Waals surface area contributed by atoms with Gasteiger partial charge in [0, 0.05) is 8.95 Å². The van der Waals surface area contributed by atoms with Gasteiger partial charge in [0.05, 0.1) is 17.6 Å². The summed E-state index contributed by atoms with van der Waals surface area (Å²) in [4.78, 5) is 13.0. The number of hydrogen-bond acceptors (Lipinski definition) is 3. The molecule has 1 aromatic carbocycles. The van der Waals surface area contributed by atoms with Crippen molar-refractivity contribution in [2.24, 2.45) is 0 Å². The van der Waals surface area contributed by atoms with E-state index in [0.29, 0.717) is 16.2 Å². The molecular formula is C12H8Br2O2S. The molecule has 0 aliphatic heterocycles. The van der Waals surface area contributed by atoms with Crippen molar-refractivity contribution in [2.75, 3.05) is 7.11 Å². The second-order valence-corrected chi connectivity index (χ2v) is 5.96. The number of benzene rings is 1.